The molecule has 0 amide bonds. The van der Waals surface area contributed by atoms with Crippen LogP contribution in [0.15, 0.2) is 134 Å². The number of hydrogen-bond acceptors (Lipinski definition) is 3. The highest BCUT2D eigenvalue weighted by molar-refractivity contribution is 6.09. The predicted octanol–water partition coefficient (Wildman–Crippen LogP) is 7.62. The summed E-state index contributed by atoms with van der Waals surface area (Å²) in [5.74, 6) is 0. The number of rotatable bonds is 4. The molecule has 1 N–H and O–H groups in total. The zero-order valence-corrected chi connectivity index (χ0v) is 20.1. The first-order valence-corrected chi connectivity index (χ1v) is 12.5. The van der Waals surface area contributed by atoms with Gasteiger partial charge in [0.25, 0.3) is 0 Å². The zero-order chi connectivity index (χ0) is 24.6. The van der Waals surface area contributed by atoms with Gasteiger partial charge in [0.2, 0.25) is 0 Å². The maximum atomic E-state index is 4.97. The molecule has 3 aromatic heterocycles. The lowest BCUT2D eigenvalue weighted by Crippen LogP contribution is -2.16. The number of nitrogens with one attached hydrogen (secondary N) is 1. The van der Waals surface area contributed by atoms with E-state index in [-0.39, 0.29) is 6.04 Å². The minimum Gasteiger partial charge on any atom is -0.379 e. The fourth-order valence-corrected chi connectivity index (χ4v) is 5.16. The summed E-state index contributed by atoms with van der Waals surface area (Å²) in [6, 6.07) is 36.3. The van der Waals surface area contributed by atoms with Crippen LogP contribution in [0, 0.1) is 0 Å². The van der Waals surface area contributed by atoms with E-state index in [2.05, 4.69) is 112 Å². The average molecular weight is 477 g/mol. The molecule has 37 heavy (non-hydrogen) atoms. The van der Waals surface area contributed by atoms with E-state index in [4.69, 9.17) is 4.98 Å². The van der Waals surface area contributed by atoms with Crippen molar-refractivity contribution in [2.24, 2.45) is 0 Å². The fraction of sp³-hybridized carbons (Fsp3) is 0.0303. The molecule has 0 saturated heterocycles. The lowest BCUT2D eigenvalue weighted by Gasteiger charge is -2.18. The van der Waals surface area contributed by atoms with Crippen LogP contribution in [-0.4, -0.2) is 14.5 Å². The summed E-state index contributed by atoms with van der Waals surface area (Å²) >= 11 is 0. The van der Waals surface area contributed by atoms with Crippen LogP contribution >= 0.6 is 0 Å². The monoisotopic (exact) mass is 476 g/mol. The Bertz CT molecular complexity index is 1740. The first-order valence-electron chi connectivity index (χ1n) is 12.5. The molecule has 0 saturated carbocycles. The lowest BCUT2D eigenvalue weighted by molar-refractivity contribution is 0.722. The van der Waals surface area contributed by atoms with Crippen molar-refractivity contribution in [3.63, 3.8) is 0 Å². The number of hydrogen-bond donors (Lipinski definition) is 1. The second-order valence-corrected chi connectivity index (χ2v) is 9.19. The lowest BCUT2D eigenvalue weighted by atomic mass is 10.0. The normalized spacial score (nSPS) is 14.8. The molecule has 176 valence electrons. The van der Waals surface area contributed by atoms with Crippen LogP contribution in [0.3, 0.4) is 0 Å². The highest BCUT2D eigenvalue weighted by Gasteiger charge is 2.15. The van der Waals surface area contributed by atoms with Gasteiger partial charge in [-0.2, -0.15) is 0 Å². The van der Waals surface area contributed by atoms with E-state index in [0.29, 0.717) is 0 Å². The van der Waals surface area contributed by atoms with E-state index in [0.717, 1.165) is 33.9 Å². The van der Waals surface area contributed by atoms with Gasteiger partial charge in [0.1, 0.15) is 0 Å². The maximum absolute atomic E-state index is 4.97. The molecule has 0 spiro atoms. The van der Waals surface area contributed by atoms with Crippen molar-refractivity contribution >= 4 is 21.8 Å². The maximum Gasteiger partial charge on any atom is 0.0896 e. The molecule has 0 fully saturated rings. The van der Waals surface area contributed by atoms with Gasteiger partial charge >= 0.3 is 0 Å². The molecule has 3 aromatic carbocycles. The summed E-state index contributed by atoms with van der Waals surface area (Å²) in [5.41, 5.74) is 8.51. The van der Waals surface area contributed by atoms with E-state index in [1.165, 1.54) is 21.8 Å². The highest BCUT2D eigenvalue weighted by atomic mass is 15.0. The molecular weight excluding hydrogens is 452 g/mol. The number of pyridine rings is 2. The topological polar surface area (TPSA) is 42.7 Å². The van der Waals surface area contributed by atoms with Crippen molar-refractivity contribution in [2.75, 3.05) is 0 Å². The van der Waals surface area contributed by atoms with Gasteiger partial charge in [-0.3, -0.25) is 4.98 Å². The van der Waals surface area contributed by atoms with Crippen molar-refractivity contribution in [3.05, 3.63) is 139 Å². The minimum atomic E-state index is 0.0179. The minimum absolute atomic E-state index is 0.0179. The first-order chi connectivity index (χ1) is 18.3. The molecule has 1 aliphatic heterocycles. The van der Waals surface area contributed by atoms with Crippen LogP contribution in [0.25, 0.3) is 50.0 Å². The number of allylic oxidation sites excluding steroid dienone is 2. The van der Waals surface area contributed by atoms with Gasteiger partial charge in [-0.25, -0.2) is 4.98 Å². The van der Waals surface area contributed by atoms with Gasteiger partial charge in [-0.15, -0.1) is 0 Å². The SMILES string of the molecule is C1=CNC(c2cc(-c3ccc(-n4c5ccccc5c5ccccc54)cc3)cc(-c3ccccn3)n2)C=C1. The average Bonchev–Trinajstić information content (AvgIpc) is 3.32. The van der Waals surface area contributed by atoms with Crippen LogP contribution in [0.2, 0.25) is 0 Å². The Morgan fingerprint density at radius 1 is 0.649 bits per heavy atom. The quantitative estimate of drug-likeness (QED) is 0.285. The molecule has 4 nitrogen and oxygen atoms in total. The molecule has 1 unspecified atom stereocenters. The van der Waals surface area contributed by atoms with Crippen molar-refractivity contribution in [1.82, 2.24) is 19.9 Å². The highest BCUT2D eigenvalue weighted by Crippen LogP contribution is 2.33. The first kappa shape index (κ1) is 21.3. The molecule has 0 bridgehead atoms. The second kappa shape index (κ2) is 8.92. The molecular formula is C33H24N4. The Hall–Kier alpha value is -4.96. The van der Waals surface area contributed by atoms with E-state index < -0.39 is 0 Å². The standard InChI is InChI=1S/C33H24N4/c1-3-13-32-26(9-1)27-10-2-4-14-33(27)37(32)25-17-15-23(16-18-25)24-21-30(28-11-5-7-19-34-28)36-31(22-24)29-12-6-8-20-35-29/h1-22,28,34H. The van der Waals surface area contributed by atoms with Crippen LogP contribution in [-0.2, 0) is 0 Å². The van der Waals surface area contributed by atoms with Gasteiger partial charge in [-0.05, 0) is 71.9 Å². The Morgan fingerprint density at radius 2 is 1.38 bits per heavy atom. The molecule has 0 radical (unpaired) electrons. The predicted molar refractivity (Wildman–Crippen MR) is 151 cm³/mol. The van der Waals surface area contributed by atoms with Crippen LogP contribution in [0.1, 0.15) is 11.7 Å². The fourth-order valence-electron chi connectivity index (χ4n) is 5.16. The van der Waals surface area contributed by atoms with Crippen molar-refractivity contribution in [2.45, 2.75) is 6.04 Å². The smallest absolute Gasteiger partial charge is 0.0896 e. The van der Waals surface area contributed by atoms with E-state index >= 15 is 0 Å². The van der Waals surface area contributed by atoms with Gasteiger partial charge in [0.15, 0.2) is 0 Å². The Labute approximate surface area is 215 Å². The number of fused-ring (bicyclic) bond motifs is 3. The third-order valence-corrected chi connectivity index (χ3v) is 6.92. The summed E-state index contributed by atoms with van der Waals surface area (Å²) in [6.07, 6.45) is 9.94. The Balaban J connectivity index is 1.34. The Kier molecular flexibility index (Phi) is 5.14. The van der Waals surface area contributed by atoms with Crippen molar-refractivity contribution in [3.8, 4) is 28.2 Å². The van der Waals surface area contributed by atoms with Crippen molar-refractivity contribution in [1.29, 1.82) is 0 Å². The van der Waals surface area contributed by atoms with Gasteiger partial charge in [-0.1, -0.05) is 66.7 Å². The summed E-state index contributed by atoms with van der Waals surface area (Å²) in [6.45, 7) is 0. The molecule has 4 heterocycles. The van der Waals surface area contributed by atoms with Gasteiger partial charge < -0.3 is 9.88 Å². The largest absolute Gasteiger partial charge is 0.379 e. The second-order valence-electron chi connectivity index (χ2n) is 9.19. The van der Waals surface area contributed by atoms with Gasteiger partial charge in [0.05, 0.1) is 34.2 Å². The van der Waals surface area contributed by atoms with E-state index in [9.17, 15) is 0 Å². The van der Waals surface area contributed by atoms with Gasteiger partial charge in [0, 0.05) is 22.7 Å². The molecule has 1 atom stereocenters. The molecule has 7 rings (SSSR count). The number of nitrogens with zero attached hydrogens (tertiary/aromatic N) is 3. The van der Waals surface area contributed by atoms with Crippen LogP contribution in [0.5, 0.6) is 0 Å². The number of benzene rings is 3. The summed E-state index contributed by atoms with van der Waals surface area (Å²) < 4.78 is 2.34. The van der Waals surface area contributed by atoms with Crippen molar-refractivity contribution < 1.29 is 0 Å². The Morgan fingerprint density at radius 3 is 2.05 bits per heavy atom. The van der Waals surface area contributed by atoms with E-state index in [1.54, 1.807) is 0 Å². The number of dihydropyridines is 1. The van der Waals surface area contributed by atoms with Crippen LogP contribution in [0.4, 0.5) is 0 Å². The molecule has 1 aliphatic rings. The van der Waals surface area contributed by atoms with E-state index in [1.807, 2.05) is 36.7 Å². The summed E-state index contributed by atoms with van der Waals surface area (Å²) in [5, 5.41) is 5.93. The molecule has 0 aliphatic carbocycles. The van der Waals surface area contributed by atoms with Crippen LogP contribution < -0.4 is 5.32 Å². The third kappa shape index (κ3) is 3.80. The third-order valence-electron chi connectivity index (χ3n) is 6.92. The number of para-hydroxylation sites is 2. The molecule has 4 heteroatoms. The molecule has 6 aromatic rings. The summed E-state index contributed by atoms with van der Waals surface area (Å²) in [4.78, 5) is 9.52. The number of aromatic nitrogens is 3. The zero-order valence-electron chi connectivity index (χ0n) is 20.1. The summed E-state index contributed by atoms with van der Waals surface area (Å²) in [7, 11) is 0.